The molecule has 132 valence electrons. The minimum Gasteiger partial charge on any atom is -0.479 e. The maximum Gasteiger partial charge on any atom is 0.343 e. The standard InChI is InChI=1S/C17H16F2N2O4/c18-12-4-2-1-3-11(12)13-9-20-14(25-13)5-6-15(22)21-8-7-17(19,10-21)16(23)24/h1-4,9H,5-8,10H2,(H,23,24). The van der Waals surface area contributed by atoms with Gasteiger partial charge in [0.1, 0.15) is 5.82 Å². The van der Waals surface area contributed by atoms with Gasteiger partial charge in [-0.25, -0.2) is 18.6 Å². The van der Waals surface area contributed by atoms with Gasteiger partial charge < -0.3 is 14.4 Å². The van der Waals surface area contributed by atoms with Gasteiger partial charge in [-0.05, 0) is 12.1 Å². The van der Waals surface area contributed by atoms with Gasteiger partial charge in [-0.1, -0.05) is 12.1 Å². The molecule has 1 unspecified atom stereocenters. The average molecular weight is 350 g/mol. The van der Waals surface area contributed by atoms with Crippen LogP contribution >= 0.6 is 0 Å². The van der Waals surface area contributed by atoms with Crippen LogP contribution in [-0.2, 0) is 16.0 Å². The van der Waals surface area contributed by atoms with Crippen LogP contribution in [0.15, 0.2) is 34.9 Å². The number of likely N-dealkylation sites (tertiary alicyclic amines) is 1. The highest BCUT2D eigenvalue weighted by molar-refractivity contribution is 5.82. The van der Waals surface area contributed by atoms with Gasteiger partial charge in [-0.3, -0.25) is 4.79 Å². The summed E-state index contributed by atoms with van der Waals surface area (Å²) < 4.78 is 33.1. The van der Waals surface area contributed by atoms with E-state index in [0.29, 0.717) is 0 Å². The van der Waals surface area contributed by atoms with E-state index in [1.165, 1.54) is 17.2 Å². The third-order valence-electron chi connectivity index (χ3n) is 4.20. The molecule has 1 fully saturated rings. The Bertz CT molecular complexity index is 807. The number of aryl methyl sites for hydroxylation is 1. The Labute approximate surface area is 142 Å². The van der Waals surface area contributed by atoms with Gasteiger partial charge in [0.25, 0.3) is 0 Å². The summed E-state index contributed by atoms with van der Waals surface area (Å²) in [6.45, 7) is -0.388. The summed E-state index contributed by atoms with van der Waals surface area (Å²) in [6.07, 6.45) is 1.33. The minimum atomic E-state index is -2.38. The number of aliphatic carboxylic acids is 1. The molecular formula is C17H16F2N2O4. The second-order valence-electron chi connectivity index (χ2n) is 5.93. The van der Waals surface area contributed by atoms with Gasteiger partial charge in [0.2, 0.25) is 11.6 Å². The lowest BCUT2D eigenvalue weighted by atomic mass is 10.1. The van der Waals surface area contributed by atoms with Crippen LogP contribution in [0.1, 0.15) is 18.7 Å². The molecule has 2 aromatic rings. The van der Waals surface area contributed by atoms with Crippen molar-refractivity contribution in [1.82, 2.24) is 9.88 Å². The number of hydrogen-bond acceptors (Lipinski definition) is 4. The average Bonchev–Trinajstić information content (AvgIpc) is 3.21. The summed E-state index contributed by atoms with van der Waals surface area (Å²) in [5.74, 6) is -1.84. The summed E-state index contributed by atoms with van der Waals surface area (Å²) in [5.41, 5.74) is -2.10. The van der Waals surface area contributed by atoms with Gasteiger partial charge in [-0.2, -0.15) is 0 Å². The molecule has 0 spiro atoms. The highest BCUT2D eigenvalue weighted by atomic mass is 19.1. The van der Waals surface area contributed by atoms with Crippen LogP contribution in [0.3, 0.4) is 0 Å². The van der Waals surface area contributed by atoms with E-state index in [0.717, 1.165) is 0 Å². The molecule has 0 saturated carbocycles. The number of carbonyl (C=O) groups is 2. The van der Waals surface area contributed by atoms with Crippen molar-refractivity contribution < 1.29 is 27.9 Å². The molecule has 1 saturated heterocycles. The maximum atomic E-state index is 14.0. The van der Waals surface area contributed by atoms with Crippen LogP contribution in [0.2, 0.25) is 0 Å². The Hall–Kier alpha value is -2.77. The van der Waals surface area contributed by atoms with Gasteiger partial charge >= 0.3 is 5.97 Å². The highest BCUT2D eigenvalue weighted by Crippen LogP contribution is 2.27. The van der Waals surface area contributed by atoms with E-state index in [1.54, 1.807) is 18.2 Å². The van der Waals surface area contributed by atoms with E-state index in [2.05, 4.69) is 4.98 Å². The molecule has 1 atom stereocenters. The summed E-state index contributed by atoms with van der Waals surface area (Å²) in [5, 5.41) is 8.84. The van der Waals surface area contributed by atoms with Crippen LogP contribution < -0.4 is 0 Å². The molecule has 0 aliphatic carbocycles. The summed E-state index contributed by atoms with van der Waals surface area (Å²) >= 11 is 0. The zero-order valence-electron chi connectivity index (χ0n) is 13.2. The second-order valence-corrected chi connectivity index (χ2v) is 5.93. The molecule has 25 heavy (non-hydrogen) atoms. The summed E-state index contributed by atoms with van der Waals surface area (Å²) in [4.78, 5) is 28.2. The van der Waals surface area contributed by atoms with Crippen molar-refractivity contribution in [3.05, 3.63) is 42.2 Å². The van der Waals surface area contributed by atoms with Crippen molar-refractivity contribution in [1.29, 1.82) is 0 Å². The topological polar surface area (TPSA) is 83.6 Å². The zero-order chi connectivity index (χ0) is 18.0. The van der Waals surface area contributed by atoms with Crippen LogP contribution in [-0.4, -0.2) is 45.6 Å². The number of carboxylic acid groups (broad SMARTS) is 1. The Balaban J connectivity index is 1.59. The Morgan fingerprint density at radius 2 is 2.12 bits per heavy atom. The summed E-state index contributed by atoms with van der Waals surface area (Å²) in [6, 6.07) is 6.10. The molecule has 6 nitrogen and oxygen atoms in total. The first-order valence-electron chi connectivity index (χ1n) is 7.79. The van der Waals surface area contributed by atoms with E-state index >= 15 is 0 Å². The number of alkyl halides is 1. The fraction of sp³-hybridized carbons (Fsp3) is 0.353. The molecule has 2 heterocycles. The van der Waals surface area contributed by atoms with Gasteiger partial charge in [0.15, 0.2) is 11.7 Å². The number of benzene rings is 1. The van der Waals surface area contributed by atoms with Crippen LogP contribution in [0.5, 0.6) is 0 Å². The van der Waals surface area contributed by atoms with E-state index in [4.69, 9.17) is 9.52 Å². The number of rotatable bonds is 5. The fourth-order valence-electron chi connectivity index (χ4n) is 2.74. The van der Waals surface area contributed by atoms with E-state index in [1.807, 2.05) is 0 Å². The lowest BCUT2D eigenvalue weighted by Crippen LogP contribution is -2.38. The number of amides is 1. The highest BCUT2D eigenvalue weighted by Gasteiger charge is 2.46. The molecule has 1 aromatic carbocycles. The second kappa shape index (κ2) is 6.62. The van der Waals surface area contributed by atoms with Gasteiger partial charge in [-0.15, -0.1) is 0 Å². The quantitative estimate of drug-likeness (QED) is 0.895. The molecule has 8 heteroatoms. The Morgan fingerprint density at radius 1 is 1.36 bits per heavy atom. The largest absolute Gasteiger partial charge is 0.479 e. The van der Waals surface area contributed by atoms with E-state index < -0.39 is 24.0 Å². The van der Waals surface area contributed by atoms with Crippen molar-refractivity contribution in [3.8, 4) is 11.3 Å². The number of carbonyl (C=O) groups excluding carboxylic acids is 1. The van der Waals surface area contributed by atoms with E-state index in [-0.39, 0.29) is 48.9 Å². The molecule has 0 radical (unpaired) electrons. The number of carboxylic acids is 1. The first-order valence-corrected chi connectivity index (χ1v) is 7.79. The summed E-state index contributed by atoms with van der Waals surface area (Å²) in [7, 11) is 0. The first-order chi connectivity index (χ1) is 11.9. The van der Waals surface area contributed by atoms with Crippen molar-refractivity contribution >= 4 is 11.9 Å². The predicted octanol–water partition coefficient (Wildman–Crippen LogP) is 2.44. The number of nitrogens with zero attached hydrogens (tertiary/aromatic N) is 2. The molecular weight excluding hydrogens is 334 g/mol. The van der Waals surface area contributed by atoms with Crippen molar-refractivity contribution in [2.45, 2.75) is 24.9 Å². The third kappa shape index (κ3) is 3.52. The van der Waals surface area contributed by atoms with Crippen molar-refractivity contribution in [3.63, 3.8) is 0 Å². The van der Waals surface area contributed by atoms with Crippen LogP contribution in [0.25, 0.3) is 11.3 Å². The molecule has 1 aliphatic rings. The normalized spacial score (nSPS) is 20.0. The lowest BCUT2D eigenvalue weighted by Gasteiger charge is -2.17. The van der Waals surface area contributed by atoms with Crippen molar-refractivity contribution in [2.24, 2.45) is 0 Å². The van der Waals surface area contributed by atoms with Gasteiger partial charge in [0, 0.05) is 25.8 Å². The molecule has 1 N–H and O–H groups in total. The predicted molar refractivity (Wildman–Crippen MR) is 82.9 cm³/mol. The first kappa shape index (κ1) is 17.1. The molecule has 3 rings (SSSR count). The smallest absolute Gasteiger partial charge is 0.343 e. The third-order valence-corrected chi connectivity index (χ3v) is 4.20. The van der Waals surface area contributed by atoms with E-state index in [9.17, 15) is 18.4 Å². The maximum absolute atomic E-state index is 14.0. The Kier molecular flexibility index (Phi) is 4.52. The SMILES string of the molecule is O=C(CCc1ncc(-c2ccccc2F)o1)N1CCC(F)(C(=O)O)C1. The zero-order valence-corrected chi connectivity index (χ0v) is 13.2. The molecule has 1 amide bonds. The molecule has 1 aliphatic heterocycles. The number of hydrogen-bond donors (Lipinski definition) is 1. The fourth-order valence-corrected chi connectivity index (χ4v) is 2.74. The Morgan fingerprint density at radius 3 is 2.80 bits per heavy atom. The number of oxazole rings is 1. The molecule has 0 bridgehead atoms. The minimum absolute atomic E-state index is 0.00687. The van der Waals surface area contributed by atoms with Crippen molar-refractivity contribution in [2.75, 3.05) is 13.1 Å². The monoisotopic (exact) mass is 350 g/mol. The number of halogens is 2. The van der Waals surface area contributed by atoms with Gasteiger partial charge in [0.05, 0.1) is 18.3 Å². The van der Waals surface area contributed by atoms with Crippen LogP contribution in [0, 0.1) is 5.82 Å². The van der Waals surface area contributed by atoms with Crippen LogP contribution in [0.4, 0.5) is 8.78 Å². The number of aromatic nitrogens is 1. The molecule has 1 aromatic heterocycles. The lowest BCUT2D eigenvalue weighted by molar-refractivity contribution is -0.150.